The van der Waals surface area contributed by atoms with Gasteiger partial charge in [-0.2, -0.15) is 0 Å². The maximum Gasteiger partial charge on any atom is 0.269 e. The summed E-state index contributed by atoms with van der Waals surface area (Å²) >= 11 is 0. The first-order valence-electron chi connectivity index (χ1n) is 13.5. The lowest BCUT2D eigenvalue weighted by atomic mass is 10.1. The van der Waals surface area contributed by atoms with Crippen molar-refractivity contribution in [2.45, 2.75) is 44.7 Å². The molecule has 1 N–H and O–H groups in total. The first kappa shape index (κ1) is 32.1. The Hall–Kier alpha value is -4.45. The number of nitro groups is 1. The zero-order chi connectivity index (χ0) is 30.9. The van der Waals surface area contributed by atoms with E-state index in [9.17, 15) is 28.1 Å². The van der Waals surface area contributed by atoms with E-state index in [2.05, 4.69) is 5.32 Å². The second kappa shape index (κ2) is 14.4. The molecule has 11 nitrogen and oxygen atoms in total. The van der Waals surface area contributed by atoms with Gasteiger partial charge in [-0.05, 0) is 54.3 Å². The third-order valence-corrected chi connectivity index (χ3v) is 8.30. The lowest BCUT2D eigenvalue weighted by Crippen LogP contribution is -2.52. The van der Waals surface area contributed by atoms with Crippen molar-refractivity contribution in [1.29, 1.82) is 0 Å². The van der Waals surface area contributed by atoms with Gasteiger partial charge in [0.2, 0.25) is 11.8 Å². The number of amides is 2. The predicted octanol–water partition coefficient (Wildman–Crippen LogP) is 4.38. The van der Waals surface area contributed by atoms with Gasteiger partial charge < -0.3 is 15.0 Å². The Morgan fingerprint density at radius 3 is 2.24 bits per heavy atom. The fourth-order valence-corrected chi connectivity index (χ4v) is 5.73. The van der Waals surface area contributed by atoms with Gasteiger partial charge in [0.05, 0.1) is 22.6 Å². The van der Waals surface area contributed by atoms with Crippen LogP contribution in [-0.2, 0) is 26.2 Å². The van der Waals surface area contributed by atoms with Crippen LogP contribution in [0.5, 0.6) is 5.75 Å². The smallest absolute Gasteiger partial charge is 0.269 e. The van der Waals surface area contributed by atoms with Crippen LogP contribution < -0.4 is 14.4 Å². The molecular weight excluding hydrogens is 560 g/mol. The summed E-state index contributed by atoms with van der Waals surface area (Å²) in [4.78, 5) is 39.3. The molecule has 3 aromatic rings. The number of ether oxygens (including phenoxy) is 1. The average molecular weight is 597 g/mol. The number of nitrogens with zero attached hydrogens (tertiary/aromatic N) is 3. The first-order valence-corrected chi connectivity index (χ1v) is 14.9. The fraction of sp³-hybridized carbons (Fsp3) is 0.333. The minimum absolute atomic E-state index is 0.0170. The molecular formula is C30H36N4O7S. The number of anilines is 1. The third-order valence-electron chi connectivity index (χ3n) is 6.52. The first-order chi connectivity index (χ1) is 20.0. The van der Waals surface area contributed by atoms with E-state index in [1.165, 1.54) is 48.4 Å². The number of methoxy groups -OCH3 is 1. The third kappa shape index (κ3) is 8.06. The summed E-state index contributed by atoms with van der Waals surface area (Å²) in [5.41, 5.74) is 0.525. The monoisotopic (exact) mass is 596 g/mol. The summed E-state index contributed by atoms with van der Waals surface area (Å²) in [5.74, 6) is -0.225. The number of carbonyl (C=O) groups is 2. The highest BCUT2D eigenvalue weighted by molar-refractivity contribution is 7.92. The summed E-state index contributed by atoms with van der Waals surface area (Å²) in [7, 11) is -2.76. The van der Waals surface area contributed by atoms with Crippen LogP contribution in [0.2, 0.25) is 0 Å². The topological polar surface area (TPSA) is 139 Å². The van der Waals surface area contributed by atoms with Gasteiger partial charge in [-0.1, -0.05) is 51.1 Å². The number of carbonyl (C=O) groups excluding carboxylic acids is 2. The van der Waals surface area contributed by atoms with Crippen molar-refractivity contribution in [2.24, 2.45) is 5.92 Å². The Bertz CT molecular complexity index is 1480. The summed E-state index contributed by atoms with van der Waals surface area (Å²) in [5, 5.41) is 14.1. The molecule has 0 fully saturated rings. The molecule has 224 valence electrons. The number of non-ortho nitro benzene ring substituents is 1. The molecule has 0 radical (unpaired) electrons. The molecule has 12 heteroatoms. The Kier molecular flexibility index (Phi) is 11.0. The van der Waals surface area contributed by atoms with Crippen molar-refractivity contribution in [2.75, 3.05) is 24.5 Å². The van der Waals surface area contributed by atoms with Gasteiger partial charge in [0.1, 0.15) is 18.3 Å². The van der Waals surface area contributed by atoms with Gasteiger partial charge in [-0.25, -0.2) is 8.42 Å². The largest absolute Gasteiger partial charge is 0.497 e. The number of nitrogens with one attached hydrogen (secondary N) is 1. The molecule has 1 unspecified atom stereocenters. The molecule has 0 aromatic heterocycles. The SMILES string of the molecule is CCC(C(=O)NCC(C)C)N(Cc1cccc(OC)c1)C(=O)CN(c1ccc([N+](=O)[O-])cc1)S(=O)(=O)c1ccccc1. The molecule has 0 heterocycles. The fourth-order valence-electron chi connectivity index (χ4n) is 4.30. The Labute approximate surface area is 246 Å². The van der Waals surface area contributed by atoms with E-state index < -0.39 is 33.4 Å². The van der Waals surface area contributed by atoms with Gasteiger partial charge >= 0.3 is 0 Å². The normalized spacial score (nSPS) is 11.9. The number of nitro benzene ring substituents is 1. The van der Waals surface area contributed by atoms with Gasteiger partial charge in [0, 0.05) is 25.2 Å². The van der Waals surface area contributed by atoms with Crippen LogP contribution in [0.1, 0.15) is 32.8 Å². The molecule has 42 heavy (non-hydrogen) atoms. The second-order valence-corrected chi connectivity index (χ2v) is 11.9. The van der Waals surface area contributed by atoms with Crippen molar-refractivity contribution >= 4 is 33.2 Å². The van der Waals surface area contributed by atoms with Crippen LogP contribution in [0.25, 0.3) is 0 Å². The minimum atomic E-state index is -4.28. The molecule has 3 aromatic carbocycles. The van der Waals surface area contributed by atoms with E-state index in [4.69, 9.17) is 4.74 Å². The summed E-state index contributed by atoms with van der Waals surface area (Å²) in [6.45, 7) is 5.47. The van der Waals surface area contributed by atoms with Crippen molar-refractivity contribution < 1.29 is 27.7 Å². The molecule has 0 saturated carbocycles. The van der Waals surface area contributed by atoms with Gasteiger partial charge in [0.25, 0.3) is 15.7 Å². The van der Waals surface area contributed by atoms with Crippen molar-refractivity contribution in [3.05, 3.63) is 94.5 Å². The zero-order valence-electron chi connectivity index (χ0n) is 24.1. The number of rotatable bonds is 14. The van der Waals surface area contributed by atoms with Gasteiger partial charge in [-0.15, -0.1) is 0 Å². The second-order valence-electron chi connectivity index (χ2n) is 10.0. The highest BCUT2D eigenvalue weighted by Gasteiger charge is 2.34. The lowest BCUT2D eigenvalue weighted by Gasteiger charge is -2.33. The number of hydrogen-bond acceptors (Lipinski definition) is 7. The van der Waals surface area contributed by atoms with E-state index >= 15 is 0 Å². The quantitative estimate of drug-likeness (QED) is 0.215. The molecule has 0 aliphatic rings. The summed E-state index contributed by atoms with van der Waals surface area (Å²) in [6, 6.07) is 18.7. The van der Waals surface area contributed by atoms with Crippen LogP contribution in [0, 0.1) is 16.0 Å². The molecule has 0 aliphatic heterocycles. The van der Waals surface area contributed by atoms with E-state index in [0.717, 1.165) is 4.31 Å². The van der Waals surface area contributed by atoms with Crippen LogP contribution >= 0.6 is 0 Å². The molecule has 0 aliphatic carbocycles. The molecule has 2 amide bonds. The van der Waals surface area contributed by atoms with Crippen molar-refractivity contribution in [1.82, 2.24) is 10.2 Å². The van der Waals surface area contributed by atoms with Crippen molar-refractivity contribution in [3.63, 3.8) is 0 Å². The van der Waals surface area contributed by atoms with E-state index in [1.54, 1.807) is 49.4 Å². The summed E-state index contributed by atoms with van der Waals surface area (Å²) in [6.07, 6.45) is 0.280. The standard InChI is InChI=1S/C30H36N4O7S/c1-5-28(30(36)31-19-22(2)3)32(20-23-10-9-11-26(18-23)41-4)29(35)21-33(24-14-16-25(17-15-24)34(37)38)42(39,40)27-12-7-6-8-13-27/h6-18,22,28H,5,19-21H2,1-4H3,(H,31,36). The molecule has 0 bridgehead atoms. The Morgan fingerprint density at radius 1 is 1.00 bits per heavy atom. The Balaban J connectivity index is 2.06. The predicted molar refractivity (Wildman–Crippen MR) is 160 cm³/mol. The minimum Gasteiger partial charge on any atom is -0.497 e. The number of benzene rings is 3. The molecule has 3 rings (SSSR count). The van der Waals surface area contributed by atoms with E-state index in [0.29, 0.717) is 17.9 Å². The van der Waals surface area contributed by atoms with Crippen LogP contribution in [0.15, 0.2) is 83.8 Å². The average Bonchev–Trinajstić information content (AvgIpc) is 2.99. The van der Waals surface area contributed by atoms with Gasteiger partial charge in [0.15, 0.2) is 0 Å². The summed E-state index contributed by atoms with van der Waals surface area (Å²) < 4.78 is 33.9. The maximum absolute atomic E-state index is 14.1. The zero-order valence-corrected chi connectivity index (χ0v) is 24.9. The Morgan fingerprint density at radius 2 is 1.67 bits per heavy atom. The van der Waals surface area contributed by atoms with E-state index in [-0.39, 0.29) is 41.1 Å². The molecule has 1 atom stereocenters. The molecule has 0 spiro atoms. The highest BCUT2D eigenvalue weighted by atomic mass is 32.2. The lowest BCUT2D eigenvalue weighted by molar-refractivity contribution is -0.384. The van der Waals surface area contributed by atoms with Crippen LogP contribution in [0.4, 0.5) is 11.4 Å². The highest BCUT2D eigenvalue weighted by Crippen LogP contribution is 2.27. The van der Waals surface area contributed by atoms with E-state index in [1.807, 2.05) is 13.8 Å². The molecule has 0 saturated heterocycles. The van der Waals surface area contributed by atoms with Crippen LogP contribution in [-0.4, -0.2) is 56.3 Å². The van der Waals surface area contributed by atoms with Crippen LogP contribution in [0.3, 0.4) is 0 Å². The van der Waals surface area contributed by atoms with Crippen molar-refractivity contribution in [3.8, 4) is 5.75 Å². The number of sulfonamides is 1. The number of hydrogen-bond donors (Lipinski definition) is 1. The maximum atomic E-state index is 14.1. The van der Waals surface area contributed by atoms with Gasteiger partial charge in [-0.3, -0.25) is 24.0 Å².